The summed E-state index contributed by atoms with van der Waals surface area (Å²) in [6, 6.07) is 0.537. The maximum atomic E-state index is 13.8. The first-order valence-electron chi connectivity index (χ1n) is 6.23. The summed E-state index contributed by atoms with van der Waals surface area (Å²) in [5.74, 6) is -3.47. The van der Waals surface area contributed by atoms with Crippen LogP contribution in [-0.2, 0) is 4.65 Å². The van der Waals surface area contributed by atoms with Crippen LogP contribution >= 0.6 is 0 Å². The number of carbonyl (C=O) groups excluding carboxylic acids is 1. The van der Waals surface area contributed by atoms with E-state index in [4.69, 9.17) is 4.74 Å². The van der Waals surface area contributed by atoms with Crippen molar-refractivity contribution in [1.29, 1.82) is 0 Å². The second kappa shape index (κ2) is 4.58. The van der Waals surface area contributed by atoms with Crippen LogP contribution in [0, 0.1) is 11.6 Å². The standard InChI is InChI=1S/C13H10BF2NO4/c1-5-4-20-12-9(16)8(15)2-6-10(12)17(5)3-7(11(6)18)13(19)21-14/h2-3,5H,4,14H2,1H3/t5-/m0/s1. The molecule has 0 spiro atoms. The Bertz CT molecular complexity index is 833. The molecule has 8 heteroatoms. The van der Waals surface area contributed by atoms with Gasteiger partial charge < -0.3 is 14.0 Å². The monoisotopic (exact) mass is 293 g/mol. The molecule has 3 rings (SSSR count). The summed E-state index contributed by atoms with van der Waals surface area (Å²) in [5.41, 5.74) is -0.799. The molecule has 2 aromatic rings. The Morgan fingerprint density at radius 1 is 1.52 bits per heavy atom. The van der Waals surface area contributed by atoms with Crippen molar-refractivity contribution in [2.75, 3.05) is 6.61 Å². The number of nitrogens with zero attached hydrogens (tertiary/aromatic N) is 1. The van der Waals surface area contributed by atoms with Gasteiger partial charge in [0.1, 0.15) is 12.2 Å². The second-order valence-corrected chi connectivity index (χ2v) is 4.83. The van der Waals surface area contributed by atoms with Crippen LogP contribution < -0.4 is 10.2 Å². The van der Waals surface area contributed by atoms with E-state index >= 15 is 0 Å². The third-order valence-corrected chi connectivity index (χ3v) is 3.51. The van der Waals surface area contributed by atoms with Crippen LogP contribution in [0.2, 0.25) is 0 Å². The number of carbonyl (C=O) groups is 1. The molecule has 0 aliphatic carbocycles. The van der Waals surface area contributed by atoms with Crippen molar-refractivity contribution in [3.05, 3.63) is 39.7 Å². The molecule has 1 aromatic heterocycles. The van der Waals surface area contributed by atoms with E-state index in [1.165, 1.54) is 10.8 Å². The summed E-state index contributed by atoms with van der Waals surface area (Å²) in [7, 11) is 1.14. The van der Waals surface area contributed by atoms with E-state index in [1.807, 2.05) is 0 Å². The maximum Gasteiger partial charge on any atom is 0.326 e. The summed E-state index contributed by atoms with van der Waals surface area (Å²) in [6.07, 6.45) is 1.30. The van der Waals surface area contributed by atoms with Crippen molar-refractivity contribution in [2.24, 2.45) is 0 Å². The SMILES string of the molecule is BOC(=O)c1cn2c3c(c(F)c(F)cc3c1=O)OC[C@@H]2C. The van der Waals surface area contributed by atoms with Crippen molar-refractivity contribution in [2.45, 2.75) is 13.0 Å². The highest BCUT2D eigenvalue weighted by atomic mass is 19.2. The van der Waals surface area contributed by atoms with Crippen LogP contribution in [0.3, 0.4) is 0 Å². The van der Waals surface area contributed by atoms with Gasteiger partial charge in [-0.25, -0.2) is 9.18 Å². The average Bonchev–Trinajstić information content (AvgIpc) is 2.47. The van der Waals surface area contributed by atoms with Gasteiger partial charge >= 0.3 is 14.0 Å². The summed E-state index contributed by atoms with van der Waals surface area (Å²) >= 11 is 0. The molecule has 1 aromatic carbocycles. The fraction of sp³-hybridized carbons (Fsp3) is 0.231. The van der Waals surface area contributed by atoms with Gasteiger partial charge in [0.15, 0.2) is 11.6 Å². The molecule has 0 saturated heterocycles. The third-order valence-electron chi connectivity index (χ3n) is 3.51. The molecule has 1 aliphatic heterocycles. The molecule has 0 bridgehead atoms. The van der Waals surface area contributed by atoms with E-state index in [-0.39, 0.29) is 34.9 Å². The molecule has 0 unspecified atom stereocenters. The number of pyridine rings is 1. The van der Waals surface area contributed by atoms with Crippen molar-refractivity contribution < 1.29 is 23.0 Å². The highest BCUT2D eigenvalue weighted by Crippen LogP contribution is 2.35. The van der Waals surface area contributed by atoms with Gasteiger partial charge in [-0.2, -0.15) is 4.39 Å². The first-order chi connectivity index (χ1) is 9.95. The zero-order valence-corrected chi connectivity index (χ0v) is 11.3. The number of ether oxygens (including phenoxy) is 1. The lowest BCUT2D eigenvalue weighted by Crippen LogP contribution is -2.27. The lowest BCUT2D eigenvalue weighted by atomic mass is 10.1. The van der Waals surface area contributed by atoms with E-state index in [0.29, 0.717) is 0 Å². The van der Waals surface area contributed by atoms with Gasteiger partial charge in [0.2, 0.25) is 11.2 Å². The smallest absolute Gasteiger partial charge is 0.326 e. The van der Waals surface area contributed by atoms with Gasteiger partial charge in [0.05, 0.1) is 16.9 Å². The Hall–Kier alpha value is -2.38. The van der Waals surface area contributed by atoms with Crippen molar-refractivity contribution >= 4 is 24.9 Å². The van der Waals surface area contributed by atoms with Crippen LogP contribution in [0.25, 0.3) is 10.9 Å². The largest absolute Gasteiger partial charge is 0.540 e. The number of aromatic nitrogens is 1. The van der Waals surface area contributed by atoms with E-state index in [9.17, 15) is 18.4 Å². The molecular formula is C13H10BF2NO4. The quantitative estimate of drug-likeness (QED) is 0.734. The Kier molecular flexibility index (Phi) is 2.96. The van der Waals surface area contributed by atoms with E-state index in [0.717, 1.165) is 14.1 Å². The number of hydrogen-bond donors (Lipinski definition) is 0. The van der Waals surface area contributed by atoms with Crippen LogP contribution in [0.15, 0.2) is 17.1 Å². The highest BCUT2D eigenvalue weighted by Gasteiger charge is 2.28. The van der Waals surface area contributed by atoms with Crippen LogP contribution in [0.5, 0.6) is 5.75 Å². The van der Waals surface area contributed by atoms with Crippen LogP contribution in [0.4, 0.5) is 8.78 Å². The van der Waals surface area contributed by atoms with E-state index in [2.05, 4.69) is 4.65 Å². The Labute approximate surface area is 118 Å². The van der Waals surface area contributed by atoms with Gasteiger partial charge in [0, 0.05) is 6.20 Å². The summed E-state index contributed by atoms with van der Waals surface area (Å²) in [4.78, 5) is 24.0. The van der Waals surface area contributed by atoms with Gasteiger partial charge in [0.25, 0.3) is 0 Å². The highest BCUT2D eigenvalue weighted by molar-refractivity contribution is 6.10. The van der Waals surface area contributed by atoms with Crippen LogP contribution in [0.1, 0.15) is 23.3 Å². The number of rotatable bonds is 1. The minimum atomic E-state index is -1.20. The predicted octanol–water partition coefficient (Wildman–Crippen LogP) is 0.938. The van der Waals surface area contributed by atoms with E-state index in [1.54, 1.807) is 6.92 Å². The van der Waals surface area contributed by atoms with Crippen molar-refractivity contribution in [1.82, 2.24) is 4.57 Å². The fourth-order valence-electron chi connectivity index (χ4n) is 2.45. The lowest BCUT2D eigenvalue weighted by Gasteiger charge is -2.27. The first kappa shape index (κ1) is 13.6. The molecular weight excluding hydrogens is 283 g/mol. The van der Waals surface area contributed by atoms with Gasteiger partial charge in [-0.15, -0.1) is 0 Å². The first-order valence-corrected chi connectivity index (χ1v) is 6.23. The lowest BCUT2D eigenvalue weighted by molar-refractivity contribution is 0.0747. The molecule has 0 N–H and O–H groups in total. The third kappa shape index (κ3) is 1.82. The van der Waals surface area contributed by atoms with E-state index < -0.39 is 23.0 Å². The maximum absolute atomic E-state index is 13.8. The molecule has 1 atom stereocenters. The minimum absolute atomic E-state index is 0.103. The summed E-state index contributed by atoms with van der Waals surface area (Å²) in [6.45, 7) is 1.88. The Morgan fingerprint density at radius 3 is 2.90 bits per heavy atom. The summed E-state index contributed by atoms with van der Waals surface area (Å²) in [5, 5.41) is -0.113. The Balaban J connectivity index is 2.51. The van der Waals surface area contributed by atoms with Crippen molar-refractivity contribution in [3.8, 4) is 5.75 Å². The second-order valence-electron chi connectivity index (χ2n) is 4.83. The molecule has 0 radical (unpaired) electrons. The molecule has 108 valence electrons. The number of halogens is 2. The minimum Gasteiger partial charge on any atom is -0.540 e. The molecule has 5 nitrogen and oxygen atoms in total. The van der Waals surface area contributed by atoms with Gasteiger partial charge in [-0.3, -0.25) is 4.79 Å². The molecule has 0 fully saturated rings. The molecule has 2 heterocycles. The average molecular weight is 293 g/mol. The summed E-state index contributed by atoms with van der Waals surface area (Å²) < 4.78 is 38.7. The zero-order valence-electron chi connectivity index (χ0n) is 11.3. The molecule has 21 heavy (non-hydrogen) atoms. The molecule has 1 aliphatic rings. The molecule has 0 amide bonds. The van der Waals surface area contributed by atoms with Crippen molar-refractivity contribution in [3.63, 3.8) is 0 Å². The number of benzene rings is 1. The molecule has 0 saturated carbocycles. The number of hydrogen-bond acceptors (Lipinski definition) is 4. The Morgan fingerprint density at radius 2 is 2.24 bits per heavy atom. The van der Waals surface area contributed by atoms with Crippen LogP contribution in [-0.4, -0.2) is 25.2 Å². The zero-order chi connectivity index (χ0) is 15.3. The van der Waals surface area contributed by atoms with Gasteiger partial charge in [-0.05, 0) is 13.0 Å². The fourth-order valence-corrected chi connectivity index (χ4v) is 2.45. The topological polar surface area (TPSA) is 57.5 Å². The predicted molar refractivity (Wildman–Crippen MR) is 72.3 cm³/mol. The normalized spacial score (nSPS) is 16.6. The van der Waals surface area contributed by atoms with Gasteiger partial charge in [-0.1, -0.05) is 0 Å².